The Morgan fingerprint density at radius 3 is 3.00 bits per heavy atom. The van der Waals surface area contributed by atoms with Crippen molar-refractivity contribution in [2.75, 3.05) is 13.7 Å². The molecule has 1 fully saturated rings. The zero-order chi connectivity index (χ0) is 11.9. The van der Waals surface area contributed by atoms with Crippen LogP contribution in [0.25, 0.3) is 0 Å². The summed E-state index contributed by atoms with van der Waals surface area (Å²) in [6.07, 6.45) is 6.76. The predicted molar refractivity (Wildman–Crippen MR) is 65.5 cm³/mol. The molecular weight excluding hydrogens is 216 g/mol. The van der Waals surface area contributed by atoms with Crippen molar-refractivity contribution in [1.82, 2.24) is 10.5 Å². The molecule has 0 unspecified atom stereocenters. The van der Waals surface area contributed by atoms with E-state index in [0.717, 1.165) is 30.5 Å². The molecule has 0 bridgehead atoms. The Hall–Kier alpha value is -0.870. The minimum Gasteiger partial charge on any atom is -0.373 e. The third-order valence-electron chi connectivity index (χ3n) is 3.29. The lowest BCUT2D eigenvalue weighted by Crippen LogP contribution is -2.13. The van der Waals surface area contributed by atoms with Gasteiger partial charge in [0, 0.05) is 19.2 Å². The molecule has 1 aliphatic carbocycles. The second-order valence-corrected chi connectivity index (χ2v) is 4.83. The van der Waals surface area contributed by atoms with E-state index in [9.17, 15) is 0 Å². The van der Waals surface area contributed by atoms with E-state index in [0.29, 0.717) is 6.61 Å². The van der Waals surface area contributed by atoms with Crippen LogP contribution in [-0.4, -0.2) is 18.8 Å². The van der Waals surface area contributed by atoms with Crippen LogP contribution in [0.2, 0.25) is 0 Å². The lowest BCUT2D eigenvalue weighted by Gasteiger charge is -2.20. The normalized spacial score (nSPS) is 17.5. The molecule has 1 aliphatic rings. The van der Waals surface area contributed by atoms with Gasteiger partial charge in [0.25, 0.3) is 0 Å². The molecule has 0 aromatic carbocycles. The van der Waals surface area contributed by atoms with Gasteiger partial charge in [0.05, 0.1) is 5.69 Å². The zero-order valence-electron chi connectivity index (χ0n) is 10.6. The highest BCUT2D eigenvalue weighted by Crippen LogP contribution is 2.23. The Kier molecular flexibility index (Phi) is 5.01. The van der Waals surface area contributed by atoms with Crippen LogP contribution in [0.4, 0.5) is 0 Å². The van der Waals surface area contributed by atoms with Crippen LogP contribution in [0.3, 0.4) is 0 Å². The van der Waals surface area contributed by atoms with Crippen molar-refractivity contribution in [2.45, 2.75) is 45.3 Å². The molecule has 1 saturated carbocycles. The summed E-state index contributed by atoms with van der Waals surface area (Å²) >= 11 is 0. The first-order valence-electron chi connectivity index (χ1n) is 6.55. The van der Waals surface area contributed by atoms with Crippen LogP contribution < -0.4 is 5.32 Å². The summed E-state index contributed by atoms with van der Waals surface area (Å²) < 4.78 is 10.9. The third kappa shape index (κ3) is 4.13. The number of hydrogen-bond acceptors (Lipinski definition) is 4. The minimum atomic E-state index is 0.549. The van der Waals surface area contributed by atoms with Crippen LogP contribution in [0.1, 0.15) is 43.6 Å². The number of rotatable bonds is 6. The summed E-state index contributed by atoms with van der Waals surface area (Å²) in [4.78, 5) is 0. The lowest BCUT2D eigenvalue weighted by molar-refractivity contribution is 0.0606. The van der Waals surface area contributed by atoms with E-state index in [2.05, 4.69) is 10.5 Å². The fraction of sp³-hybridized carbons (Fsp3) is 0.769. The van der Waals surface area contributed by atoms with Gasteiger partial charge in [0.15, 0.2) is 5.76 Å². The van der Waals surface area contributed by atoms with Gasteiger partial charge >= 0.3 is 0 Å². The van der Waals surface area contributed by atoms with Crippen molar-refractivity contribution in [3.05, 3.63) is 17.5 Å². The zero-order valence-corrected chi connectivity index (χ0v) is 10.6. The first-order valence-corrected chi connectivity index (χ1v) is 6.55. The Labute approximate surface area is 103 Å². The molecule has 4 nitrogen and oxygen atoms in total. The van der Waals surface area contributed by atoms with Crippen LogP contribution in [0.15, 0.2) is 10.6 Å². The minimum absolute atomic E-state index is 0.549. The van der Waals surface area contributed by atoms with Gasteiger partial charge < -0.3 is 14.6 Å². The van der Waals surface area contributed by atoms with Crippen LogP contribution in [0, 0.1) is 5.92 Å². The monoisotopic (exact) mass is 238 g/mol. The second-order valence-electron chi connectivity index (χ2n) is 4.83. The molecule has 1 aromatic heterocycles. The smallest absolute Gasteiger partial charge is 0.162 e. The highest BCUT2D eigenvalue weighted by atomic mass is 16.5. The summed E-state index contributed by atoms with van der Waals surface area (Å²) in [6.45, 7) is 2.15. The van der Waals surface area contributed by atoms with E-state index < -0.39 is 0 Å². The molecule has 2 rings (SSSR count). The van der Waals surface area contributed by atoms with Crippen molar-refractivity contribution in [2.24, 2.45) is 5.92 Å². The summed E-state index contributed by atoms with van der Waals surface area (Å²) in [5.74, 6) is 1.58. The number of nitrogens with one attached hydrogen (secondary N) is 1. The fourth-order valence-electron chi connectivity index (χ4n) is 2.37. The van der Waals surface area contributed by atoms with E-state index in [1.165, 1.54) is 32.1 Å². The second kappa shape index (κ2) is 6.77. The van der Waals surface area contributed by atoms with Gasteiger partial charge in [0.1, 0.15) is 6.61 Å². The standard InChI is InChI=1S/C13H22N2O2/c1-14-8-12-7-13(17-15-12)10-16-9-11-5-3-2-4-6-11/h7,11,14H,2-6,8-10H2,1H3. The summed E-state index contributed by atoms with van der Waals surface area (Å²) in [6, 6.07) is 1.96. The van der Waals surface area contributed by atoms with Gasteiger partial charge in [0.2, 0.25) is 0 Å². The van der Waals surface area contributed by atoms with E-state index >= 15 is 0 Å². The van der Waals surface area contributed by atoms with Gasteiger partial charge in [-0.3, -0.25) is 0 Å². The fourth-order valence-corrected chi connectivity index (χ4v) is 2.37. The van der Waals surface area contributed by atoms with Crippen LogP contribution >= 0.6 is 0 Å². The Morgan fingerprint density at radius 1 is 1.41 bits per heavy atom. The average Bonchev–Trinajstić information content (AvgIpc) is 2.79. The molecule has 96 valence electrons. The quantitative estimate of drug-likeness (QED) is 0.827. The first-order chi connectivity index (χ1) is 8.38. The molecule has 0 radical (unpaired) electrons. The van der Waals surface area contributed by atoms with Gasteiger partial charge in [-0.15, -0.1) is 0 Å². The highest BCUT2D eigenvalue weighted by molar-refractivity contribution is 5.03. The Bertz CT molecular complexity index is 319. The van der Waals surface area contributed by atoms with E-state index in [4.69, 9.17) is 9.26 Å². The van der Waals surface area contributed by atoms with Crippen molar-refractivity contribution in [1.29, 1.82) is 0 Å². The van der Waals surface area contributed by atoms with E-state index in [-0.39, 0.29) is 0 Å². The molecule has 0 spiro atoms. The summed E-state index contributed by atoms with van der Waals surface area (Å²) in [7, 11) is 1.90. The first kappa shape index (κ1) is 12.6. The van der Waals surface area contributed by atoms with Crippen molar-refractivity contribution in [3.63, 3.8) is 0 Å². The number of hydrogen-bond donors (Lipinski definition) is 1. The number of nitrogens with zero attached hydrogens (tertiary/aromatic N) is 1. The largest absolute Gasteiger partial charge is 0.373 e. The van der Waals surface area contributed by atoms with E-state index in [1.54, 1.807) is 0 Å². The molecule has 1 aromatic rings. The SMILES string of the molecule is CNCc1cc(COCC2CCCCC2)on1. The molecule has 0 saturated heterocycles. The van der Waals surface area contributed by atoms with Gasteiger partial charge in [-0.05, 0) is 25.8 Å². The molecule has 1 N–H and O–H groups in total. The van der Waals surface area contributed by atoms with Gasteiger partial charge in [-0.1, -0.05) is 24.4 Å². The van der Waals surface area contributed by atoms with Crippen molar-refractivity contribution >= 4 is 0 Å². The molecular formula is C13H22N2O2. The van der Waals surface area contributed by atoms with Crippen LogP contribution in [0.5, 0.6) is 0 Å². The van der Waals surface area contributed by atoms with E-state index in [1.807, 2.05) is 13.1 Å². The predicted octanol–water partition coefficient (Wildman–Crippen LogP) is 2.49. The lowest BCUT2D eigenvalue weighted by atomic mass is 9.90. The molecule has 0 aliphatic heterocycles. The molecule has 17 heavy (non-hydrogen) atoms. The average molecular weight is 238 g/mol. The Balaban J connectivity index is 1.66. The molecule has 4 heteroatoms. The third-order valence-corrected chi connectivity index (χ3v) is 3.29. The molecule has 1 heterocycles. The van der Waals surface area contributed by atoms with Crippen molar-refractivity contribution < 1.29 is 9.26 Å². The summed E-state index contributed by atoms with van der Waals surface area (Å²) in [5, 5.41) is 7.00. The topological polar surface area (TPSA) is 47.3 Å². The maximum Gasteiger partial charge on any atom is 0.162 e. The molecule has 0 amide bonds. The maximum absolute atomic E-state index is 5.70. The van der Waals surface area contributed by atoms with Gasteiger partial charge in [-0.25, -0.2) is 0 Å². The summed E-state index contributed by atoms with van der Waals surface area (Å²) in [5.41, 5.74) is 0.934. The van der Waals surface area contributed by atoms with Crippen LogP contribution in [-0.2, 0) is 17.9 Å². The highest BCUT2D eigenvalue weighted by Gasteiger charge is 2.13. The number of ether oxygens (including phenoxy) is 1. The number of aromatic nitrogens is 1. The maximum atomic E-state index is 5.70. The van der Waals surface area contributed by atoms with Gasteiger partial charge in [-0.2, -0.15) is 0 Å². The molecule has 0 atom stereocenters. The Morgan fingerprint density at radius 2 is 2.24 bits per heavy atom. The van der Waals surface area contributed by atoms with Crippen molar-refractivity contribution in [3.8, 4) is 0 Å².